The zero-order valence-electron chi connectivity index (χ0n) is 9.41. The Morgan fingerprint density at radius 1 is 1.14 bits per heavy atom. The Hall–Kier alpha value is -0.120. The molecule has 1 saturated carbocycles. The first-order valence-electron chi connectivity index (χ1n) is 5.71. The normalized spacial score (nSPS) is 35.6. The maximum atomic E-state index is 5.30. The van der Waals surface area contributed by atoms with Crippen LogP contribution in [0.5, 0.6) is 0 Å². The van der Waals surface area contributed by atoms with Crippen LogP contribution < -0.4 is 0 Å². The third kappa shape index (κ3) is 2.47. The fraction of sp³-hybridized carbons (Fsp3) is 1.00. The average Bonchev–Trinajstić information content (AvgIpc) is 2.13. The lowest BCUT2D eigenvalue weighted by atomic mass is 9.82. The average molecular weight is 198 g/mol. The van der Waals surface area contributed by atoms with E-state index in [1.165, 1.54) is 45.6 Å². The molecule has 82 valence electrons. The molecular weight excluding hydrogens is 176 g/mol. The number of likely N-dealkylation sites (N-methyl/N-ethyl adjacent to an activating group) is 1. The Balaban J connectivity index is 1.62. The highest BCUT2D eigenvalue weighted by atomic mass is 16.5. The lowest BCUT2D eigenvalue weighted by Gasteiger charge is -2.40. The van der Waals surface area contributed by atoms with Crippen molar-refractivity contribution < 1.29 is 4.74 Å². The van der Waals surface area contributed by atoms with Gasteiger partial charge in [-0.2, -0.15) is 0 Å². The monoisotopic (exact) mass is 198 g/mol. The summed E-state index contributed by atoms with van der Waals surface area (Å²) in [4.78, 5) is 5.02. The molecule has 1 heterocycles. The van der Waals surface area contributed by atoms with Gasteiger partial charge in [0.2, 0.25) is 0 Å². The van der Waals surface area contributed by atoms with Gasteiger partial charge in [-0.25, -0.2) is 0 Å². The highest BCUT2D eigenvalue weighted by Crippen LogP contribution is 2.30. The molecule has 1 aliphatic heterocycles. The van der Waals surface area contributed by atoms with Crippen LogP contribution in [0.1, 0.15) is 12.8 Å². The van der Waals surface area contributed by atoms with Gasteiger partial charge in [-0.3, -0.25) is 0 Å². The van der Waals surface area contributed by atoms with Crippen molar-refractivity contribution in [2.45, 2.75) is 18.9 Å². The molecule has 0 aromatic carbocycles. The molecule has 1 saturated heterocycles. The summed E-state index contributed by atoms with van der Waals surface area (Å²) in [5.41, 5.74) is 0. The maximum Gasteiger partial charge on any atom is 0.0577 e. The van der Waals surface area contributed by atoms with Gasteiger partial charge in [0.1, 0.15) is 0 Å². The van der Waals surface area contributed by atoms with E-state index in [1.54, 1.807) is 0 Å². The predicted molar refractivity (Wildman–Crippen MR) is 57.5 cm³/mol. The Morgan fingerprint density at radius 3 is 2.36 bits per heavy atom. The Bertz CT molecular complexity index is 172. The summed E-state index contributed by atoms with van der Waals surface area (Å²) >= 11 is 0. The number of hydrogen-bond acceptors (Lipinski definition) is 3. The number of ether oxygens (including phenoxy) is 1. The molecule has 1 aliphatic carbocycles. The molecule has 3 nitrogen and oxygen atoms in total. The molecule has 14 heavy (non-hydrogen) atoms. The van der Waals surface area contributed by atoms with Crippen LogP contribution in [-0.4, -0.2) is 62.8 Å². The number of nitrogens with zero attached hydrogens (tertiary/aromatic N) is 2. The van der Waals surface area contributed by atoms with E-state index in [2.05, 4.69) is 16.8 Å². The molecular formula is C11H22N2O. The second-order valence-electron chi connectivity index (χ2n) is 4.80. The molecule has 0 aromatic rings. The minimum absolute atomic E-state index is 0.562. The van der Waals surface area contributed by atoms with Crippen LogP contribution in [0.3, 0.4) is 0 Å². The van der Waals surface area contributed by atoms with Gasteiger partial charge in [0.05, 0.1) is 6.10 Å². The van der Waals surface area contributed by atoms with Crippen LogP contribution in [0.15, 0.2) is 0 Å². The molecule has 3 heteroatoms. The van der Waals surface area contributed by atoms with Crippen molar-refractivity contribution in [2.24, 2.45) is 5.92 Å². The molecule has 0 atom stereocenters. The molecule has 0 amide bonds. The van der Waals surface area contributed by atoms with E-state index in [0.29, 0.717) is 6.10 Å². The van der Waals surface area contributed by atoms with Crippen molar-refractivity contribution in [2.75, 3.05) is 46.9 Å². The molecule has 0 bridgehead atoms. The summed E-state index contributed by atoms with van der Waals surface area (Å²) in [6.45, 7) is 6.28. The summed E-state index contributed by atoms with van der Waals surface area (Å²) in [6.07, 6.45) is 3.12. The summed E-state index contributed by atoms with van der Waals surface area (Å²) in [7, 11) is 4.04. The van der Waals surface area contributed by atoms with Gasteiger partial charge in [0.25, 0.3) is 0 Å². The predicted octanol–water partition coefficient (Wildman–Crippen LogP) is 0.659. The molecule has 0 N–H and O–H groups in total. The van der Waals surface area contributed by atoms with Crippen molar-refractivity contribution in [3.05, 3.63) is 0 Å². The highest BCUT2D eigenvalue weighted by Gasteiger charge is 2.30. The number of methoxy groups -OCH3 is 1. The molecule has 2 fully saturated rings. The quantitative estimate of drug-likeness (QED) is 0.662. The molecule has 0 aromatic heterocycles. The van der Waals surface area contributed by atoms with E-state index >= 15 is 0 Å². The second kappa shape index (κ2) is 4.60. The number of rotatable bonds is 3. The first-order valence-corrected chi connectivity index (χ1v) is 5.71. The first kappa shape index (κ1) is 10.4. The first-order chi connectivity index (χ1) is 6.78. The SMILES string of the molecule is COC1CC(CN2CCN(C)CC2)C1. The summed E-state index contributed by atoms with van der Waals surface area (Å²) in [6, 6.07) is 0. The van der Waals surface area contributed by atoms with Crippen molar-refractivity contribution in [3.8, 4) is 0 Å². The van der Waals surface area contributed by atoms with Gasteiger partial charge in [0, 0.05) is 39.8 Å². The minimum Gasteiger partial charge on any atom is -0.381 e. The lowest BCUT2D eigenvalue weighted by Crippen LogP contribution is -2.48. The van der Waals surface area contributed by atoms with Crippen LogP contribution in [-0.2, 0) is 4.74 Å². The second-order valence-corrected chi connectivity index (χ2v) is 4.80. The molecule has 2 rings (SSSR count). The topological polar surface area (TPSA) is 15.7 Å². The fourth-order valence-corrected chi connectivity index (χ4v) is 2.41. The molecule has 0 spiro atoms. The van der Waals surface area contributed by atoms with Crippen molar-refractivity contribution in [1.82, 2.24) is 9.80 Å². The van der Waals surface area contributed by atoms with Gasteiger partial charge >= 0.3 is 0 Å². The minimum atomic E-state index is 0.562. The van der Waals surface area contributed by atoms with E-state index < -0.39 is 0 Å². The smallest absolute Gasteiger partial charge is 0.0577 e. The van der Waals surface area contributed by atoms with Gasteiger partial charge < -0.3 is 14.5 Å². The third-order valence-corrected chi connectivity index (χ3v) is 3.64. The number of hydrogen-bond donors (Lipinski definition) is 0. The van der Waals surface area contributed by atoms with E-state index in [9.17, 15) is 0 Å². The van der Waals surface area contributed by atoms with Crippen LogP contribution in [0.2, 0.25) is 0 Å². The van der Waals surface area contributed by atoms with Gasteiger partial charge in [-0.15, -0.1) is 0 Å². The molecule has 0 radical (unpaired) electrons. The third-order valence-electron chi connectivity index (χ3n) is 3.64. The van der Waals surface area contributed by atoms with Crippen LogP contribution in [0.25, 0.3) is 0 Å². The van der Waals surface area contributed by atoms with Crippen molar-refractivity contribution in [1.29, 1.82) is 0 Å². The Labute approximate surface area is 87.0 Å². The van der Waals surface area contributed by atoms with Crippen LogP contribution in [0, 0.1) is 5.92 Å². The van der Waals surface area contributed by atoms with Crippen molar-refractivity contribution in [3.63, 3.8) is 0 Å². The van der Waals surface area contributed by atoms with E-state index in [4.69, 9.17) is 4.74 Å². The summed E-state index contributed by atoms with van der Waals surface area (Å²) < 4.78 is 5.30. The largest absolute Gasteiger partial charge is 0.381 e. The van der Waals surface area contributed by atoms with E-state index in [0.717, 1.165) is 5.92 Å². The van der Waals surface area contributed by atoms with E-state index in [1.807, 2.05) is 7.11 Å². The van der Waals surface area contributed by atoms with Gasteiger partial charge in [0.15, 0.2) is 0 Å². The van der Waals surface area contributed by atoms with Gasteiger partial charge in [-0.1, -0.05) is 0 Å². The van der Waals surface area contributed by atoms with Crippen molar-refractivity contribution >= 4 is 0 Å². The zero-order chi connectivity index (χ0) is 9.97. The van der Waals surface area contributed by atoms with Crippen LogP contribution in [0.4, 0.5) is 0 Å². The Morgan fingerprint density at radius 2 is 1.79 bits per heavy atom. The number of piperazine rings is 1. The Kier molecular flexibility index (Phi) is 3.42. The van der Waals surface area contributed by atoms with Crippen LogP contribution >= 0.6 is 0 Å². The lowest BCUT2D eigenvalue weighted by molar-refractivity contribution is -0.0150. The highest BCUT2D eigenvalue weighted by molar-refractivity contribution is 4.83. The molecule has 2 aliphatic rings. The fourth-order valence-electron chi connectivity index (χ4n) is 2.41. The van der Waals surface area contributed by atoms with E-state index in [-0.39, 0.29) is 0 Å². The summed E-state index contributed by atoms with van der Waals surface area (Å²) in [5, 5.41) is 0. The molecule has 0 unspecified atom stereocenters. The standard InChI is InChI=1S/C11H22N2O/c1-12-3-5-13(6-4-12)9-10-7-11(8-10)14-2/h10-11H,3-9H2,1-2H3. The maximum absolute atomic E-state index is 5.30. The zero-order valence-corrected chi connectivity index (χ0v) is 9.41. The summed E-state index contributed by atoms with van der Waals surface area (Å²) in [5.74, 6) is 0.906. The van der Waals surface area contributed by atoms with Gasteiger partial charge in [-0.05, 0) is 25.8 Å².